The monoisotopic (exact) mass is 482 g/mol. The number of pyridine rings is 2. The fourth-order valence-corrected chi connectivity index (χ4v) is 3.77. The van der Waals surface area contributed by atoms with Crippen molar-refractivity contribution in [2.75, 3.05) is 0 Å². The molecule has 188 valence electrons. The van der Waals surface area contributed by atoms with E-state index < -0.39 is 23.2 Å². The Morgan fingerprint density at radius 3 is 1.31 bits per heavy atom. The number of amides is 4. The van der Waals surface area contributed by atoms with Gasteiger partial charge in [-0.25, -0.2) is 0 Å². The van der Waals surface area contributed by atoms with Gasteiger partial charge in [0.2, 0.25) is 11.8 Å². The van der Waals surface area contributed by atoms with Crippen molar-refractivity contribution in [1.82, 2.24) is 31.2 Å². The van der Waals surface area contributed by atoms with Crippen LogP contribution >= 0.6 is 0 Å². The molecule has 2 aromatic heterocycles. The summed E-state index contributed by atoms with van der Waals surface area (Å²) in [6.07, 6.45) is 6.41. The Morgan fingerprint density at radius 1 is 0.686 bits per heavy atom. The van der Waals surface area contributed by atoms with E-state index in [0.29, 0.717) is 17.5 Å². The molecule has 0 aromatic carbocycles. The first-order chi connectivity index (χ1) is 16.3. The molecular weight excluding hydrogens is 448 g/mol. The molecule has 0 aliphatic rings. The summed E-state index contributed by atoms with van der Waals surface area (Å²) in [5, 5.41) is 11.2. The Morgan fingerprint density at radius 2 is 1.00 bits per heavy atom. The second-order valence-electron chi connectivity index (χ2n) is 9.79. The van der Waals surface area contributed by atoms with Crippen LogP contribution in [0.25, 0.3) is 0 Å². The number of nitrogens with one attached hydrogen (secondary N) is 4. The fraction of sp³-hybridized carbons (Fsp3) is 0.440. The molecule has 35 heavy (non-hydrogen) atoms. The molecule has 4 amide bonds. The third-order valence-corrected chi connectivity index (χ3v) is 5.17. The van der Waals surface area contributed by atoms with Crippen LogP contribution in [0.3, 0.4) is 0 Å². The lowest BCUT2D eigenvalue weighted by Crippen LogP contribution is -2.58. The largest absolute Gasteiger partial charge is 0.349 e. The summed E-state index contributed by atoms with van der Waals surface area (Å²) >= 11 is 0. The first-order valence-electron chi connectivity index (χ1n) is 11.4. The lowest BCUT2D eigenvalue weighted by atomic mass is 9.86. The van der Waals surface area contributed by atoms with Crippen LogP contribution in [0.1, 0.15) is 68.7 Å². The molecule has 4 N–H and O–H groups in total. The first-order valence-corrected chi connectivity index (χ1v) is 11.4. The number of carbonyl (C=O) groups is 4. The van der Waals surface area contributed by atoms with Gasteiger partial charge in [0.05, 0.1) is 0 Å². The second kappa shape index (κ2) is 11.5. The number of hydrogen-bond acceptors (Lipinski definition) is 6. The van der Waals surface area contributed by atoms with Crippen molar-refractivity contribution in [3.63, 3.8) is 0 Å². The smallest absolute Gasteiger partial charge is 0.252 e. The highest BCUT2D eigenvalue weighted by atomic mass is 16.2. The average molecular weight is 483 g/mol. The topological polar surface area (TPSA) is 142 Å². The Kier molecular flexibility index (Phi) is 9.05. The first kappa shape index (κ1) is 27.4. The molecule has 0 fully saturated rings. The zero-order valence-electron chi connectivity index (χ0n) is 21.0. The standard InChI is InChI=1S/C25H34N6O4/c1-16(28-22(34)18-7-11-26-12-8-18)20(32)30-24(3,4)15-25(5,6)31-21(33)17(2)29-23(35)19-9-13-27-14-10-19/h7-14,16-17H,15H2,1-6H3,(H,28,34)(H,29,35)(H,30,32)(H,31,33)/t16-,17?/m0/s1. The van der Waals surface area contributed by atoms with Crippen LogP contribution in [0.2, 0.25) is 0 Å². The Hall–Kier alpha value is -3.82. The molecule has 2 atom stereocenters. The van der Waals surface area contributed by atoms with E-state index >= 15 is 0 Å². The van der Waals surface area contributed by atoms with Crippen molar-refractivity contribution >= 4 is 23.6 Å². The minimum Gasteiger partial charge on any atom is -0.349 e. The van der Waals surface area contributed by atoms with Gasteiger partial charge in [-0.3, -0.25) is 29.1 Å². The predicted molar refractivity (Wildman–Crippen MR) is 131 cm³/mol. The van der Waals surface area contributed by atoms with Gasteiger partial charge in [-0.05, 0) is 72.2 Å². The molecular formula is C25H34N6O4. The molecule has 0 saturated heterocycles. The van der Waals surface area contributed by atoms with Gasteiger partial charge in [-0.2, -0.15) is 0 Å². The average Bonchev–Trinajstić information content (AvgIpc) is 2.78. The maximum absolute atomic E-state index is 12.7. The third-order valence-electron chi connectivity index (χ3n) is 5.17. The van der Waals surface area contributed by atoms with E-state index in [1.54, 1.807) is 38.1 Å². The molecule has 0 aliphatic heterocycles. The van der Waals surface area contributed by atoms with E-state index in [1.165, 1.54) is 24.8 Å². The quantitative estimate of drug-likeness (QED) is 0.405. The minimum atomic E-state index is -0.768. The zero-order chi connectivity index (χ0) is 26.2. The maximum Gasteiger partial charge on any atom is 0.252 e. The molecule has 2 aromatic rings. The molecule has 0 spiro atoms. The lowest BCUT2D eigenvalue weighted by molar-refractivity contribution is -0.124. The van der Waals surface area contributed by atoms with E-state index in [0.717, 1.165) is 0 Å². The summed E-state index contributed by atoms with van der Waals surface area (Å²) in [6, 6.07) is 4.73. The second-order valence-corrected chi connectivity index (χ2v) is 9.79. The lowest BCUT2D eigenvalue weighted by Gasteiger charge is -2.37. The van der Waals surface area contributed by atoms with Crippen LogP contribution in [0.15, 0.2) is 49.1 Å². The molecule has 0 bridgehead atoms. The van der Waals surface area contributed by atoms with Crippen LogP contribution in [0, 0.1) is 0 Å². The van der Waals surface area contributed by atoms with E-state index in [9.17, 15) is 19.2 Å². The maximum atomic E-state index is 12.7. The van der Waals surface area contributed by atoms with Gasteiger partial charge in [-0.15, -0.1) is 0 Å². The van der Waals surface area contributed by atoms with Gasteiger partial charge in [0.15, 0.2) is 0 Å². The zero-order valence-corrected chi connectivity index (χ0v) is 21.0. The van der Waals surface area contributed by atoms with Crippen LogP contribution in [0.5, 0.6) is 0 Å². The molecule has 2 rings (SSSR count). The molecule has 10 heteroatoms. The predicted octanol–water partition coefficient (Wildman–Crippen LogP) is 1.59. The number of nitrogens with zero attached hydrogens (tertiary/aromatic N) is 2. The highest BCUT2D eigenvalue weighted by Gasteiger charge is 2.33. The summed E-state index contributed by atoms with van der Waals surface area (Å²) < 4.78 is 0. The fourth-order valence-electron chi connectivity index (χ4n) is 3.77. The minimum absolute atomic E-state index is 0.350. The van der Waals surface area contributed by atoms with Crippen molar-refractivity contribution in [1.29, 1.82) is 0 Å². The van der Waals surface area contributed by atoms with E-state index in [4.69, 9.17) is 0 Å². The normalized spacial score (nSPS) is 13.2. The Labute approximate surface area is 205 Å². The van der Waals surface area contributed by atoms with Gasteiger partial charge < -0.3 is 21.3 Å². The Bertz CT molecular complexity index is 957. The number of carbonyl (C=O) groups excluding carboxylic acids is 4. The van der Waals surface area contributed by atoms with Crippen LogP contribution in [-0.4, -0.2) is 56.8 Å². The number of aromatic nitrogens is 2. The van der Waals surface area contributed by atoms with Gasteiger partial charge in [-0.1, -0.05) is 0 Å². The molecule has 0 aliphatic carbocycles. The van der Waals surface area contributed by atoms with Crippen molar-refractivity contribution in [3.05, 3.63) is 60.2 Å². The van der Waals surface area contributed by atoms with Crippen LogP contribution in [0.4, 0.5) is 0 Å². The Balaban J connectivity index is 1.89. The summed E-state index contributed by atoms with van der Waals surface area (Å²) in [5.74, 6) is -1.44. The van der Waals surface area contributed by atoms with Gasteiger partial charge in [0, 0.05) is 47.0 Å². The van der Waals surface area contributed by atoms with E-state index in [-0.39, 0.29) is 23.6 Å². The summed E-state index contributed by atoms with van der Waals surface area (Å²) in [4.78, 5) is 57.8. The number of rotatable bonds is 10. The third kappa shape index (κ3) is 8.80. The summed E-state index contributed by atoms with van der Waals surface area (Å²) in [6.45, 7) is 10.6. The van der Waals surface area contributed by atoms with Gasteiger partial charge in [0.1, 0.15) is 12.1 Å². The molecule has 10 nitrogen and oxygen atoms in total. The van der Waals surface area contributed by atoms with Gasteiger partial charge in [0.25, 0.3) is 11.8 Å². The molecule has 0 saturated carbocycles. The highest BCUT2D eigenvalue weighted by molar-refractivity contribution is 5.98. The van der Waals surface area contributed by atoms with Crippen molar-refractivity contribution < 1.29 is 19.2 Å². The SMILES string of the molecule is CC(NC(=O)c1ccncc1)C(=O)NC(C)(C)CC(C)(C)NC(=O)[C@H](C)NC(=O)c1ccncc1. The number of hydrogen-bond donors (Lipinski definition) is 4. The highest BCUT2D eigenvalue weighted by Crippen LogP contribution is 2.20. The van der Waals surface area contributed by atoms with Crippen molar-refractivity contribution in [2.24, 2.45) is 0 Å². The van der Waals surface area contributed by atoms with Gasteiger partial charge >= 0.3 is 0 Å². The van der Waals surface area contributed by atoms with Crippen LogP contribution in [-0.2, 0) is 9.59 Å². The van der Waals surface area contributed by atoms with E-state index in [1.807, 2.05) is 27.7 Å². The van der Waals surface area contributed by atoms with Crippen molar-refractivity contribution in [2.45, 2.75) is 71.1 Å². The van der Waals surface area contributed by atoms with Crippen molar-refractivity contribution in [3.8, 4) is 0 Å². The molecule has 1 unspecified atom stereocenters. The molecule has 2 heterocycles. The van der Waals surface area contributed by atoms with E-state index in [2.05, 4.69) is 31.2 Å². The van der Waals surface area contributed by atoms with Crippen LogP contribution < -0.4 is 21.3 Å². The summed E-state index contributed by atoms with van der Waals surface area (Å²) in [7, 11) is 0. The summed E-state index contributed by atoms with van der Waals surface area (Å²) in [5.41, 5.74) is -0.583. The molecule has 0 radical (unpaired) electrons.